The number of nitrogens with one attached hydrogen (secondary N) is 1. The molecule has 0 saturated carbocycles. The maximum Gasteiger partial charge on any atom is 0.387 e. The van der Waals surface area contributed by atoms with E-state index >= 15 is 0 Å². The fourth-order valence-electron chi connectivity index (χ4n) is 2.04. The Kier molecular flexibility index (Phi) is 5.41. The summed E-state index contributed by atoms with van der Waals surface area (Å²) in [7, 11) is 0. The number of hydrogen-bond acceptors (Lipinski definition) is 5. The molecule has 0 amide bonds. The van der Waals surface area contributed by atoms with Gasteiger partial charge in [-0.05, 0) is 36.8 Å². The van der Waals surface area contributed by atoms with Crippen molar-refractivity contribution in [2.45, 2.75) is 20.1 Å². The van der Waals surface area contributed by atoms with Gasteiger partial charge in [0.25, 0.3) is 5.69 Å². The molecule has 1 N–H and O–H groups in total. The highest BCUT2D eigenvalue weighted by Crippen LogP contribution is 2.26. The smallest absolute Gasteiger partial charge is 0.387 e. The Morgan fingerprint density at radius 1 is 1.25 bits per heavy atom. The van der Waals surface area contributed by atoms with E-state index in [0.29, 0.717) is 0 Å². The van der Waals surface area contributed by atoms with Crippen molar-refractivity contribution < 1.29 is 23.2 Å². The Morgan fingerprint density at radius 3 is 2.46 bits per heavy atom. The molecule has 0 aliphatic heterocycles. The minimum atomic E-state index is -2.89. The van der Waals surface area contributed by atoms with Crippen LogP contribution in [-0.4, -0.2) is 17.3 Å². The molecule has 0 atom stereocenters. The van der Waals surface area contributed by atoms with Crippen LogP contribution >= 0.6 is 0 Å². The molecule has 0 radical (unpaired) electrons. The molecule has 0 heterocycles. The quantitative estimate of drug-likeness (QED) is 0.469. The second-order valence-corrected chi connectivity index (χ2v) is 4.92. The van der Waals surface area contributed by atoms with Crippen molar-refractivity contribution in [3.63, 3.8) is 0 Å². The van der Waals surface area contributed by atoms with Crippen LogP contribution < -0.4 is 10.1 Å². The lowest BCUT2D eigenvalue weighted by molar-refractivity contribution is -0.384. The molecule has 0 bridgehead atoms. The van der Waals surface area contributed by atoms with Gasteiger partial charge in [0.05, 0.1) is 4.92 Å². The number of ketones is 1. The third-order valence-corrected chi connectivity index (χ3v) is 3.23. The Labute approximate surface area is 136 Å². The van der Waals surface area contributed by atoms with Gasteiger partial charge in [-0.3, -0.25) is 14.9 Å². The molecular formula is C16H14F2N2O4. The number of nitro groups is 1. The maximum atomic E-state index is 12.1. The zero-order chi connectivity index (χ0) is 17.7. The Hall–Kier alpha value is -3.03. The van der Waals surface area contributed by atoms with Crippen molar-refractivity contribution in [2.75, 3.05) is 5.32 Å². The van der Waals surface area contributed by atoms with Gasteiger partial charge in [0.2, 0.25) is 0 Å². The van der Waals surface area contributed by atoms with E-state index < -0.39 is 11.5 Å². The van der Waals surface area contributed by atoms with E-state index in [2.05, 4.69) is 10.1 Å². The van der Waals surface area contributed by atoms with Crippen molar-refractivity contribution in [1.82, 2.24) is 0 Å². The number of nitrogens with zero attached hydrogens (tertiary/aromatic N) is 1. The van der Waals surface area contributed by atoms with E-state index in [4.69, 9.17) is 0 Å². The summed E-state index contributed by atoms with van der Waals surface area (Å²) in [5.41, 5.74) is 1.03. The van der Waals surface area contributed by atoms with Crippen LogP contribution in [0.3, 0.4) is 0 Å². The van der Waals surface area contributed by atoms with Crippen LogP contribution in [-0.2, 0) is 6.54 Å². The van der Waals surface area contributed by atoms with Crippen molar-refractivity contribution in [3.8, 4) is 5.75 Å². The first-order valence-corrected chi connectivity index (χ1v) is 6.94. The molecule has 2 rings (SSSR count). The molecule has 2 aromatic rings. The van der Waals surface area contributed by atoms with Gasteiger partial charge in [0.15, 0.2) is 5.78 Å². The summed E-state index contributed by atoms with van der Waals surface area (Å²) in [6.45, 7) is -1.32. The number of anilines is 1. The second kappa shape index (κ2) is 7.49. The molecule has 0 unspecified atom stereocenters. The fraction of sp³-hybridized carbons (Fsp3) is 0.188. The molecule has 24 heavy (non-hydrogen) atoms. The highest BCUT2D eigenvalue weighted by atomic mass is 19.3. The molecule has 0 saturated heterocycles. The number of rotatable bonds is 7. The monoisotopic (exact) mass is 336 g/mol. The SMILES string of the molecule is CC(=O)c1ccc(NCc2ccc(OC(F)F)cc2)c([N+](=O)[O-])c1. The van der Waals surface area contributed by atoms with Crippen LogP contribution in [0.1, 0.15) is 22.8 Å². The predicted molar refractivity (Wildman–Crippen MR) is 83.5 cm³/mol. The van der Waals surface area contributed by atoms with Gasteiger partial charge in [-0.2, -0.15) is 8.78 Å². The highest BCUT2D eigenvalue weighted by molar-refractivity contribution is 5.95. The molecule has 126 valence electrons. The first-order chi connectivity index (χ1) is 11.4. The number of ether oxygens (including phenoxy) is 1. The summed E-state index contributed by atoms with van der Waals surface area (Å²) in [4.78, 5) is 21.9. The standard InChI is InChI=1S/C16H14F2N2O4/c1-10(21)12-4-7-14(15(8-12)20(22)23)19-9-11-2-5-13(6-3-11)24-16(17)18/h2-8,16,19H,9H2,1H3. The minimum absolute atomic E-state index is 0.0329. The van der Waals surface area contributed by atoms with Crippen molar-refractivity contribution in [3.05, 3.63) is 63.7 Å². The molecule has 0 spiro atoms. The third-order valence-electron chi connectivity index (χ3n) is 3.23. The van der Waals surface area contributed by atoms with E-state index in [1.165, 1.54) is 37.3 Å². The number of carbonyl (C=O) groups is 1. The van der Waals surface area contributed by atoms with Gasteiger partial charge in [-0.15, -0.1) is 0 Å². The van der Waals surface area contributed by atoms with Crippen LogP contribution in [0.15, 0.2) is 42.5 Å². The van der Waals surface area contributed by atoms with E-state index in [-0.39, 0.29) is 35.0 Å². The van der Waals surface area contributed by atoms with Gasteiger partial charge in [-0.25, -0.2) is 0 Å². The molecule has 8 heteroatoms. The highest BCUT2D eigenvalue weighted by Gasteiger charge is 2.16. The van der Waals surface area contributed by atoms with Crippen LogP contribution in [0.25, 0.3) is 0 Å². The molecule has 0 fully saturated rings. The zero-order valence-electron chi connectivity index (χ0n) is 12.7. The van der Waals surface area contributed by atoms with Gasteiger partial charge in [-0.1, -0.05) is 12.1 Å². The number of nitro benzene ring substituents is 1. The van der Waals surface area contributed by atoms with Crippen LogP contribution in [0.4, 0.5) is 20.2 Å². The van der Waals surface area contributed by atoms with Crippen molar-refractivity contribution in [2.24, 2.45) is 0 Å². The Bertz CT molecular complexity index is 748. The van der Waals surface area contributed by atoms with Gasteiger partial charge in [0, 0.05) is 18.2 Å². The first kappa shape index (κ1) is 17.3. The zero-order valence-corrected chi connectivity index (χ0v) is 12.7. The second-order valence-electron chi connectivity index (χ2n) is 4.92. The lowest BCUT2D eigenvalue weighted by Gasteiger charge is -2.09. The van der Waals surface area contributed by atoms with Gasteiger partial charge < -0.3 is 10.1 Å². The van der Waals surface area contributed by atoms with Gasteiger partial charge in [0.1, 0.15) is 11.4 Å². The maximum absolute atomic E-state index is 12.1. The molecule has 2 aromatic carbocycles. The fourth-order valence-corrected chi connectivity index (χ4v) is 2.04. The van der Waals surface area contributed by atoms with Gasteiger partial charge >= 0.3 is 6.61 Å². The number of carbonyl (C=O) groups excluding carboxylic acids is 1. The number of hydrogen-bond donors (Lipinski definition) is 1. The number of benzene rings is 2. The summed E-state index contributed by atoms with van der Waals surface area (Å²) >= 11 is 0. The number of Topliss-reactive ketones (excluding diaryl/α,β-unsaturated/α-hetero) is 1. The predicted octanol–water partition coefficient (Wildman–Crippen LogP) is 4.01. The minimum Gasteiger partial charge on any atom is -0.435 e. The first-order valence-electron chi connectivity index (χ1n) is 6.94. The lowest BCUT2D eigenvalue weighted by Crippen LogP contribution is -2.05. The van der Waals surface area contributed by atoms with E-state index in [1.54, 1.807) is 12.1 Å². The van der Waals surface area contributed by atoms with Crippen LogP contribution in [0, 0.1) is 10.1 Å². The number of alkyl halides is 2. The molecule has 0 aliphatic carbocycles. The van der Waals surface area contributed by atoms with E-state index in [9.17, 15) is 23.7 Å². The average Bonchev–Trinajstić information content (AvgIpc) is 2.53. The van der Waals surface area contributed by atoms with E-state index in [0.717, 1.165) is 5.56 Å². The Morgan fingerprint density at radius 2 is 1.92 bits per heavy atom. The summed E-state index contributed by atoms with van der Waals surface area (Å²) in [5, 5.41) is 14.0. The van der Waals surface area contributed by atoms with Crippen LogP contribution in [0.2, 0.25) is 0 Å². The molecule has 0 aromatic heterocycles. The lowest BCUT2D eigenvalue weighted by atomic mass is 10.1. The molecule has 0 aliphatic rings. The number of halogens is 2. The summed E-state index contributed by atoms with van der Waals surface area (Å²) in [6.07, 6.45) is 0. The topological polar surface area (TPSA) is 81.5 Å². The largest absolute Gasteiger partial charge is 0.435 e. The normalized spacial score (nSPS) is 10.5. The summed E-state index contributed by atoms with van der Waals surface area (Å²) < 4.78 is 28.4. The summed E-state index contributed by atoms with van der Waals surface area (Å²) in [5.74, 6) is -0.232. The average molecular weight is 336 g/mol. The van der Waals surface area contributed by atoms with Crippen LogP contribution in [0.5, 0.6) is 5.75 Å². The summed E-state index contributed by atoms with van der Waals surface area (Å²) in [6, 6.07) is 10.1. The molecular weight excluding hydrogens is 322 g/mol. The molecule has 6 nitrogen and oxygen atoms in total. The van der Waals surface area contributed by atoms with E-state index in [1.807, 2.05) is 0 Å². The third kappa shape index (κ3) is 4.48. The Balaban J connectivity index is 2.11. The van der Waals surface area contributed by atoms with Crippen molar-refractivity contribution >= 4 is 17.2 Å². The van der Waals surface area contributed by atoms with Crippen molar-refractivity contribution in [1.29, 1.82) is 0 Å².